The zero-order valence-electron chi connectivity index (χ0n) is 16.3. The first-order chi connectivity index (χ1) is 15.2. The molecule has 0 heterocycles. The molecule has 0 saturated heterocycles. The minimum atomic E-state index is -1.10. The fourth-order valence-corrected chi connectivity index (χ4v) is 4.11. The van der Waals surface area contributed by atoms with E-state index in [1.54, 1.807) is 24.3 Å². The fourth-order valence-electron chi connectivity index (χ4n) is 2.73. The Labute approximate surface area is 195 Å². The number of rotatable bonds is 8. The van der Waals surface area contributed by atoms with Crippen molar-refractivity contribution in [2.75, 3.05) is 0 Å². The van der Waals surface area contributed by atoms with E-state index in [-0.39, 0.29) is 28.4 Å². The molecule has 3 rings (SSSR count). The molecule has 0 unspecified atom stereocenters. The Balaban J connectivity index is 1.96. The summed E-state index contributed by atoms with van der Waals surface area (Å²) in [6, 6.07) is 15.9. The van der Waals surface area contributed by atoms with E-state index in [0.717, 1.165) is 5.56 Å². The van der Waals surface area contributed by atoms with Gasteiger partial charge < -0.3 is 5.11 Å². The number of Topliss-reactive ketones (excluding diaryl/α,β-unsaturated/α-hetero) is 1. The third-order valence-electron chi connectivity index (χ3n) is 4.39. The Kier molecular flexibility index (Phi) is 7.55. The number of carboxylic acid groups (broad SMARTS) is 1. The standard InChI is InChI=1S/C23H15BrFNO5S/c24-19-10-3-15(11-20(19)26(30)31)12-21(32-13-14-1-8-18(25)9-2-14)22(27)16-4-6-17(7-5-16)23(28)29/h1-12H,13H2,(H,28,29)/b21-12+. The van der Waals surface area contributed by atoms with Crippen LogP contribution < -0.4 is 0 Å². The van der Waals surface area contributed by atoms with E-state index in [1.807, 2.05) is 0 Å². The van der Waals surface area contributed by atoms with Gasteiger partial charge in [0, 0.05) is 17.4 Å². The van der Waals surface area contributed by atoms with Crippen molar-refractivity contribution in [3.05, 3.63) is 114 Å². The molecule has 0 atom stereocenters. The van der Waals surface area contributed by atoms with Gasteiger partial charge in [-0.3, -0.25) is 14.9 Å². The molecule has 0 aliphatic carbocycles. The second kappa shape index (κ2) is 10.3. The molecular formula is C23H15BrFNO5S. The number of nitrogens with zero attached hydrogens (tertiary/aromatic N) is 1. The van der Waals surface area contributed by atoms with E-state index in [0.29, 0.717) is 20.7 Å². The summed E-state index contributed by atoms with van der Waals surface area (Å²) < 4.78 is 13.5. The Morgan fingerprint density at radius 1 is 1.03 bits per heavy atom. The van der Waals surface area contributed by atoms with Crippen molar-refractivity contribution in [3.8, 4) is 0 Å². The normalized spacial score (nSPS) is 11.2. The molecule has 3 aromatic carbocycles. The maximum absolute atomic E-state index is 13.2. The zero-order valence-corrected chi connectivity index (χ0v) is 18.7. The van der Waals surface area contributed by atoms with Crippen LogP contribution in [0.3, 0.4) is 0 Å². The summed E-state index contributed by atoms with van der Waals surface area (Å²) in [5.41, 5.74) is 1.43. The molecule has 0 aliphatic heterocycles. The number of ketones is 1. The van der Waals surface area contributed by atoms with E-state index < -0.39 is 10.9 Å². The van der Waals surface area contributed by atoms with Crippen molar-refractivity contribution in [2.45, 2.75) is 5.75 Å². The van der Waals surface area contributed by atoms with Crippen molar-refractivity contribution in [3.63, 3.8) is 0 Å². The van der Waals surface area contributed by atoms with Crippen LogP contribution in [-0.4, -0.2) is 21.8 Å². The lowest BCUT2D eigenvalue weighted by Gasteiger charge is -2.08. The molecule has 6 nitrogen and oxygen atoms in total. The Morgan fingerprint density at radius 3 is 2.25 bits per heavy atom. The van der Waals surface area contributed by atoms with Crippen LogP contribution in [0.2, 0.25) is 0 Å². The van der Waals surface area contributed by atoms with Crippen LogP contribution in [0, 0.1) is 15.9 Å². The lowest BCUT2D eigenvalue weighted by atomic mass is 10.1. The molecule has 0 saturated carbocycles. The number of allylic oxidation sites excluding steroid dienone is 1. The number of hydrogen-bond acceptors (Lipinski definition) is 5. The topological polar surface area (TPSA) is 97.5 Å². The fraction of sp³-hybridized carbons (Fsp3) is 0.0435. The summed E-state index contributed by atoms with van der Waals surface area (Å²) >= 11 is 4.33. The summed E-state index contributed by atoms with van der Waals surface area (Å²) in [4.78, 5) is 35.2. The van der Waals surface area contributed by atoms with E-state index in [1.165, 1.54) is 60.3 Å². The van der Waals surface area contributed by atoms with Crippen molar-refractivity contribution in [1.82, 2.24) is 0 Å². The maximum Gasteiger partial charge on any atom is 0.335 e. The highest BCUT2D eigenvalue weighted by molar-refractivity contribution is 9.10. The maximum atomic E-state index is 13.2. The van der Waals surface area contributed by atoms with Gasteiger partial charge >= 0.3 is 5.97 Å². The highest BCUT2D eigenvalue weighted by Gasteiger charge is 2.17. The van der Waals surface area contributed by atoms with Crippen LogP contribution in [0.1, 0.15) is 31.8 Å². The summed E-state index contributed by atoms with van der Waals surface area (Å²) in [5.74, 6) is -1.47. The SMILES string of the molecule is O=C(O)c1ccc(C(=O)/C(=C\c2ccc(Br)c([N+](=O)[O-])c2)SCc2ccc(F)cc2)cc1. The summed E-state index contributed by atoms with van der Waals surface area (Å²) in [6.45, 7) is 0. The van der Waals surface area contributed by atoms with Crippen LogP contribution in [-0.2, 0) is 5.75 Å². The van der Waals surface area contributed by atoms with Gasteiger partial charge in [0.2, 0.25) is 0 Å². The number of hydrogen-bond donors (Lipinski definition) is 1. The minimum Gasteiger partial charge on any atom is -0.478 e. The van der Waals surface area contributed by atoms with Crippen LogP contribution in [0.15, 0.2) is 76.1 Å². The van der Waals surface area contributed by atoms with Gasteiger partial charge in [-0.05, 0) is 63.5 Å². The second-order valence-corrected chi connectivity index (χ2v) is 8.47. The number of carboxylic acids is 1. The average Bonchev–Trinajstić information content (AvgIpc) is 2.78. The summed E-state index contributed by atoms with van der Waals surface area (Å²) in [5, 5.41) is 20.3. The van der Waals surface area contributed by atoms with E-state index in [4.69, 9.17) is 5.11 Å². The molecule has 3 aromatic rings. The number of thioether (sulfide) groups is 1. The molecule has 0 aromatic heterocycles. The van der Waals surface area contributed by atoms with Crippen LogP contribution in [0.25, 0.3) is 6.08 Å². The average molecular weight is 516 g/mol. The predicted molar refractivity (Wildman–Crippen MR) is 124 cm³/mol. The van der Waals surface area contributed by atoms with Crippen LogP contribution >= 0.6 is 27.7 Å². The molecule has 0 radical (unpaired) electrons. The smallest absolute Gasteiger partial charge is 0.335 e. The lowest BCUT2D eigenvalue weighted by molar-refractivity contribution is -0.385. The van der Waals surface area contributed by atoms with Gasteiger partial charge in [-0.2, -0.15) is 0 Å². The quantitative estimate of drug-likeness (QED) is 0.162. The Morgan fingerprint density at radius 2 is 1.66 bits per heavy atom. The molecule has 0 aliphatic rings. The molecule has 0 amide bonds. The predicted octanol–water partition coefficient (Wildman–Crippen LogP) is 6.35. The van der Waals surface area contributed by atoms with Gasteiger partial charge in [0.25, 0.3) is 5.69 Å². The van der Waals surface area contributed by atoms with Crippen LogP contribution in [0.5, 0.6) is 0 Å². The number of aromatic carboxylic acids is 1. The Hall–Kier alpha value is -3.30. The van der Waals surface area contributed by atoms with Crippen molar-refractivity contribution in [2.24, 2.45) is 0 Å². The van der Waals surface area contributed by atoms with E-state index in [9.17, 15) is 24.1 Å². The Bertz CT molecular complexity index is 1210. The van der Waals surface area contributed by atoms with Gasteiger partial charge in [-0.15, -0.1) is 11.8 Å². The summed E-state index contributed by atoms with van der Waals surface area (Å²) in [7, 11) is 0. The molecule has 162 valence electrons. The lowest BCUT2D eigenvalue weighted by Crippen LogP contribution is -2.03. The number of carbonyl (C=O) groups excluding carboxylic acids is 1. The van der Waals surface area contributed by atoms with Gasteiger partial charge in [-0.1, -0.05) is 30.3 Å². The van der Waals surface area contributed by atoms with Gasteiger partial charge in [0.05, 0.1) is 19.9 Å². The highest BCUT2D eigenvalue weighted by atomic mass is 79.9. The third-order valence-corrected chi connectivity index (χ3v) is 6.15. The minimum absolute atomic E-state index is 0.0505. The number of carbonyl (C=O) groups is 2. The second-order valence-electron chi connectivity index (χ2n) is 6.60. The first-order valence-corrected chi connectivity index (χ1v) is 10.9. The van der Waals surface area contributed by atoms with E-state index in [2.05, 4.69) is 15.9 Å². The van der Waals surface area contributed by atoms with Crippen molar-refractivity contribution >= 4 is 51.2 Å². The number of halogens is 2. The molecule has 0 bridgehead atoms. The molecule has 32 heavy (non-hydrogen) atoms. The van der Waals surface area contributed by atoms with E-state index >= 15 is 0 Å². The number of nitro benzene ring substituents is 1. The largest absolute Gasteiger partial charge is 0.478 e. The number of benzene rings is 3. The van der Waals surface area contributed by atoms with Gasteiger partial charge in [0.1, 0.15) is 5.82 Å². The van der Waals surface area contributed by atoms with Crippen molar-refractivity contribution in [1.29, 1.82) is 0 Å². The molecule has 0 spiro atoms. The zero-order chi connectivity index (χ0) is 23.3. The summed E-state index contributed by atoms with van der Waals surface area (Å²) in [6.07, 6.45) is 1.54. The highest BCUT2D eigenvalue weighted by Crippen LogP contribution is 2.31. The van der Waals surface area contributed by atoms with Crippen LogP contribution in [0.4, 0.5) is 10.1 Å². The molecule has 9 heteroatoms. The van der Waals surface area contributed by atoms with Crippen molar-refractivity contribution < 1.29 is 24.0 Å². The monoisotopic (exact) mass is 515 g/mol. The molecule has 1 N–H and O–H groups in total. The number of nitro groups is 1. The first kappa shape index (κ1) is 23.4. The van der Waals surface area contributed by atoms with Gasteiger partial charge in [0.15, 0.2) is 5.78 Å². The first-order valence-electron chi connectivity index (χ1n) is 9.15. The molecular weight excluding hydrogens is 501 g/mol. The molecule has 0 fully saturated rings. The third kappa shape index (κ3) is 5.89. The van der Waals surface area contributed by atoms with Gasteiger partial charge in [-0.25, -0.2) is 9.18 Å².